The first-order valence-electron chi connectivity index (χ1n) is 10.8. The Morgan fingerprint density at radius 1 is 1.36 bits per heavy atom. The monoisotopic (exact) mass is 486 g/mol. The first kappa shape index (κ1) is 24.2. The molecule has 0 N–H and O–H groups in total. The third-order valence-electron chi connectivity index (χ3n) is 5.67. The molecule has 2 aliphatic rings. The molecule has 2 fully saturated rings. The summed E-state index contributed by atoms with van der Waals surface area (Å²) in [5, 5.41) is 0. The molecule has 2 aromatic rings. The predicted molar refractivity (Wildman–Crippen MR) is 113 cm³/mol. The average Bonchev–Trinajstić information content (AvgIpc) is 3.27. The van der Waals surface area contributed by atoms with E-state index in [2.05, 4.69) is 15.0 Å². The predicted octanol–water partition coefficient (Wildman–Crippen LogP) is 3.28. The minimum atomic E-state index is -4.06. The van der Waals surface area contributed by atoms with Crippen LogP contribution in [0.4, 0.5) is 4.39 Å². The highest BCUT2D eigenvalue weighted by Crippen LogP contribution is 2.59. The van der Waals surface area contributed by atoms with Gasteiger partial charge in [0.15, 0.2) is 17.5 Å². The van der Waals surface area contributed by atoms with Gasteiger partial charge in [0, 0.05) is 0 Å². The zero-order chi connectivity index (χ0) is 24.0. The highest BCUT2D eigenvalue weighted by atomic mass is 31.2. The first-order valence-corrected chi connectivity index (χ1v) is 12.2. The van der Waals surface area contributed by atoms with E-state index < -0.39 is 37.8 Å². The highest BCUT2D eigenvalue weighted by Gasteiger charge is 2.61. The largest absolute Gasteiger partial charge is 0.475 e. The highest BCUT2D eigenvalue weighted by molar-refractivity contribution is 7.48. The summed E-state index contributed by atoms with van der Waals surface area (Å²) in [6.07, 6.45) is -0.341. The van der Waals surface area contributed by atoms with Crippen molar-refractivity contribution in [1.29, 1.82) is 0 Å². The van der Waals surface area contributed by atoms with Gasteiger partial charge >= 0.3 is 13.8 Å². The van der Waals surface area contributed by atoms with Gasteiger partial charge in [-0.05, 0) is 34.1 Å². The van der Waals surface area contributed by atoms with E-state index in [0.29, 0.717) is 16.9 Å². The lowest BCUT2D eigenvalue weighted by molar-refractivity contribution is -0.152. The second-order valence-electron chi connectivity index (χ2n) is 8.74. The van der Waals surface area contributed by atoms with Gasteiger partial charge in [-0.3, -0.25) is 22.9 Å². The van der Waals surface area contributed by atoms with Crippen molar-refractivity contribution in [3.05, 3.63) is 18.3 Å². The molecule has 2 saturated heterocycles. The van der Waals surface area contributed by atoms with E-state index in [1.165, 1.54) is 24.1 Å². The normalized spacial score (nSPS) is 32.8. The zero-order valence-electron chi connectivity index (χ0n) is 19.1. The fourth-order valence-corrected chi connectivity index (χ4v) is 5.33. The molecule has 2 aromatic heterocycles. The van der Waals surface area contributed by atoms with E-state index in [0.717, 1.165) is 0 Å². The molecule has 0 saturated carbocycles. The molecule has 0 radical (unpaired) electrons. The molecular weight excluding hydrogens is 458 g/mol. The Bertz CT molecular complexity index is 1080. The standard InChI is InChI=1S/C20H28FN4O7P/c1-11(2)30-18(26)12(3)6-7-28-33(27)29-8-14-16(32-33)20(5,21)19(31-14)25-10-24-15-13(4)22-9-23-17(15)25/h9-12,14,16,19H,6-8H2,1-5H3/t12-,14-,16-,19-,20-,33+/m1/s1. The molecule has 0 amide bonds. The van der Waals surface area contributed by atoms with Crippen molar-refractivity contribution in [2.45, 2.75) is 71.2 Å². The number of carbonyl (C=O) groups excluding carboxylic acids is 1. The van der Waals surface area contributed by atoms with Crippen LogP contribution in [0.15, 0.2) is 12.7 Å². The molecule has 4 heterocycles. The fourth-order valence-electron chi connectivity index (χ4n) is 3.86. The van der Waals surface area contributed by atoms with Crippen LogP contribution < -0.4 is 0 Å². The van der Waals surface area contributed by atoms with E-state index in [-0.39, 0.29) is 31.7 Å². The van der Waals surface area contributed by atoms with E-state index in [4.69, 9.17) is 23.0 Å². The summed E-state index contributed by atoms with van der Waals surface area (Å²) in [6, 6.07) is 0. The summed E-state index contributed by atoms with van der Waals surface area (Å²) in [7, 11) is -4.06. The number of carbonyl (C=O) groups is 1. The SMILES string of the molecule is Cc1ncnc2c1ncn2[C@@H]1O[C@@H]2CO[P@](=O)(OCC[C@@H](C)C(=O)OC(C)C)O[C@H]2[C@@]1(C)F. The van der Waals surface area contributed by atoms with Crippen LogP contribution in [0.25, 0.3) is 11.2 Å². The number of esters is 1. The van der Waals surface area contributed by atoms with Crippen LogP contribution in [0.1, 0.15) is 46.0 Å². The number of halogens is 1. The summed E-state index contributed by atoms with van der Waals surface area (Å²) in [6.45, 7) is 8.01. The molecule has 33 heavy (non-hydrogen) atoms. The Morgan fingerprint density at radius 3 is 2.85 bits per heavy atom. The molecule has 0 bridgehead atoms. The summed E-state index contributed by atoms with van der Waals surface area (Å²) in [5.74, 6) is -0.852. The molecule has 182 valence electrons. The Balaban J connectivity index is 1.43. The van der Waals surface area contributed by atoms with Gasteiger partial charge in [0.25, 0.3) is 0 Å². The molecule has 2 aliphatic heterocycles. The lowest BCUT2D eigenvalue weighted by Crippen LogP contribution is -2.44. The van der Waals surface area contributed by atoms with E-state index >= 15 is 4.39 Å². The van der Waals surface area contributed by atoms with Crippen LogP contribution in [0.3, 0.4) is 0 Å². The van der Waals surface area contributed by atoms with E-state index in [1.807, 2.05) is 0 Å². The Kier molecular flexibility index (Phi) is 6.58. The number of hydrogen-bond acceptors (Lipinski definition) is 10. The van der Waals surface area contributed by atoms with Gasteiger partial charge in [-0.15, -0.1) is 0 Å². The Labute approximate surface area is 190 Å². The number of ether oxygens (including phenoxy) is 2. The van der Waals surface area contributed by atoms with Crippen LogP contribution in [0.2, 0.25) is 0 Å². The maximum atomic E-state index is 16.0. The molecule has 0 unspecified atom stereocenters. The molecule has 0 aromatic carbocycles. The van der Waals surface area contributed by atoms with Crippen molar-refractivity contribution >= 4 is 25.0 Å². The summed E-state index contributed by atoms with van der Waals surface area (Å²) in [4.78, 5) is 24.5. The lowest BCUT2D eigenvalue weighted by atomic mass is 9.98. The number of fused-ring (bicyclic) bond motifs is 2. The maximum absolute atomic E-state index is 16.0. The molecule has 0 spiro atoms. The van der Waals surface area contributed by atoms with E-state index in [1.54, 1.807) is 27.7 Å². The van der Waals surface area contributed by atoms with Gasteiger partial charge in [-0.2, -0.15) is 0 Å². The Morgan fingerprint density at radius 2 is 2.12 bits per heavy atom. The van der Waals surface area contributed by atoms with Crippen molar-refractivity contribution in [1.82, 2.24) is 19.5 Å². The van der Waals surface area contributed by atoms with Crippen LogP contribution in [0, 0.1) is 12.8 Å². The van der Waals surface area contributed by atoms with Crippen LogP contribution in [-0.2, 0) is 32.4 Å². The van der Waals surface area contributed by atoms with Gasteiger partial charge < -0.3 is 9.47 Å². The zero-order valence-corrected chi connectivity index (χ0v) is 20.0. The van der Waals surface area contributed by atoms with Crippen molar-refractivity contribution in [3.63, 3.8) is 0 Å². The van der Waals surface area contributed by atoms with Crippen LogP contribution in [-0.4, -0.2) is 62.7 Å². The summed E-state index contributed by atoms with van der Waals surface area (Å²) < 4.78 is 57.6. The van der Waals surface area contributed by atoms with Gasteiger partial charge in [0.2, 0.25) is 0 Å². The third kappa shape index (κ3) is 4.67. The maximum Gasteiger partial charge on any atom is 0.475 e. The lowest BCUT2D eigenvalue weighted by Gasteiger charge is -2.33. The number of hydrogen-bond donors (Lipinski definition) is 0. The molecule has 0 aliphatic carbocycles. The van der Waals surface area contributed by atoms with Gasteiger partial charge in [-0.1, -0.05) is 6.92 Å². The molecule has 4 rings (SSSR count). The minimum absolute atomic E-state index is 0.0847. The number of aromatic nitrogens is 4. The van der Waals surface area contributed by atoms with Crippen molar-refractivity contribution in [3.8, 4) is 0 Å². The number of nitrogens with zero attached hydrogens (tertiary/aromatic N) is 4. The first-order chi connectivity index (χ1) is 15.5. The number of imidazole rings is 1. The second-order valence-corrected chi connectivity index (χ2v) is 10.4. The quantitative estimate of drug-likeness (QED) is 0.425. The Hall–Kier alpha value is -1.98. The number of rotatable bonds is 7. The number of phosphoric ester groups is 1. The fraction of sp³-hybridized carbons (Fsp3) is 0.700. The number of phosphoric acid groups is 1. The number of alkyl halides is 1. The molecule has 11 nitrogen and oxygen atoms in total. The number of aryl methyl sites for hydroxylation is 1. The molecule has 13 heteroatoms. The smallest absolute Gasteiger partial charge is 0.463 e. The van der Waals surface area contributed by atoms with Gasteiger partial charge in [0.05, 0.1) is 37.3 Å². The third-order valence-corrected chi connectivity index (χ3v) is 7.12. The summed E-state index contributed by atoms with van der Waals surface area (Å²) >= 11 is 0. The topological polar surface area (TPSA) is 124 Å². The van der Waals surface area contributed by atoms with Crippen LogP contribution >= 0.6 is 7.82 Å². The minimum Gasteiger partial charge on any atom is -0.463 e. The second kappa shape index (κ2) is 8.99. The van der Waals surface area contributed by atoms with Crippen LogP contribution in [0.5, 0.6) is 0 Å². The summed E-state index contributed by atoms with van der Waals surface area (Å²) in [5.41, 5.74) is -0.492. The van der Waals surface area contributed by atoms with Crippen molar-refractivity contribution in [2.24, 2.45) is 5.92 Å². The van der Waals surface area contributed by atoms with Gasteiger partial charge in [0.1, 0.15) is 24.1 Å². The molecular formula is C20H28FN4O7P. The van der Waals surface area contributed by atoms with Crippen molar-refractivity contribution in [2.75, 3.05) is 13.2 Å². The average molecular weight is 486 g/mol. The molecule has 6 atom stereocenters. The van der Waals surface area contributed by atoms with Crippen molar-refractivity contribution < 1.29 is 36.8 Å². The van der Waals surface area contributed by atoms with E-state index in [9.17, 15) is 9.36 Å². The van der Waals surface area contributed by atoms with Gasteiger partial charge in [-0.25, -0.2) is 23.9 Å².